The number of aliphatic carboxylic acids is 1. The molecule has 2 heterocycles. The van der Waals surface area contributed by atoms with Gasteiger partial charge in [0.05, 0.1) is 16.9 Å². The van der Waals surface area contributed by atoms with Crippen LogP contribution < -0.4 is 5.32 Å². The van der Waals surface area contributed by atoms with Crippen LogP contribution in [0.5, 0.6) is 0 Å². The van der Waals surface area contributed by atoms with Gasteiger partial charge in [-0.1, -0.05) is 12.1 Å². The SMILES string of the molecule is O=C(O)[C@H]1CC[C@H](C(=O)N2CCC3(S(=O)(=O)c4ccc(F)cc4)c4ccc(C(F)(C(F)(F)F)C(F)(F)F)cc4NCC23)CC1. The first kappa shape index (κ1) is 32.0. The second-order valence-electron chi connectivity index (χ2n) is 11.3. The van der Waals surface area contributed by atoms with Gasteiger partial charge >= 0.3 is 24.0 Å². The van der Waals surface area contributed by atoms with E-state index in [-0.39, 0.29) is 56.3 Å². The summed E-state index contributed by atoms with van der Waals surface area (Å²) in [4.78, 5) is 26.0. The van der Waals surface area contributed by atoms with E-state index in [1.807, 2.05) is 0 Å². The molecule has 2 atom stereocenters. The fourth-order valence-electron chi connectivity index (χ4n) is 6.79. The number of carbonyl (C=O) groups excluding carboxylic acids is 1. The molecule has 2 aromatic rings. The van der Waals surface area contributed by atoms with Crippen molar-refractivity contribution in [3.05, 3.63) is 59.4 Å². The predicted molar refractivity (Wildman–Crippen MR) is 138 cm³/mol. The lowest BCUT2D eigenvalue weighted by Gasteiger charge is -2.44. The number of hydrogen-bond donors (Lipinski definition) is 2. The number of rotatable bonds is 5. The fraction of sp³-hybridized carbons (Fsp3) is 0.500. The lowest BCUT2D eigenvalue weighted by Crippen LogP contribution is -2.56. The molecule has 3 aliphatic rings. The van der Waals surface area contributed by atoms with Crippen molar-refractivity contribution in [3.63, 3.8) is 0 Å². The number of alkyl halides is 7. The molecular formula is C28H26F8N2O5S. The average Bonchev–Trinajstić information content (AvgIpc) is 3.37. The van der Waals surface area contributed by atoms with Crippen LogP contribution in [0.2, 0.25) is 0 Å². The number of carboxylic acid groups (broad SMARTS) is 1. The molecule has 2 N–H and O–H groups in total. The van der Waals surface area contributed by atoms with E-state index in [0.717, 1.165) is 24.3 Å². The molecule has 7 nitrogen and oxygen atoms in total. The second kappa shape index (κ2) is 10.6. The Morgan fingerprint density at radius 1 is 0.886 bits per heavy atom. The Labute approximate surface area is 246 Å². The van der Waals surface area contributed by atoms with Crippen molar-refractivity contribution in [3.8, 4) is 0 Å². The standard InChI is InChI=1S/C28H26F8N2O5S/c29-18-6-8-19(9-7-18)44(42,43)25-11-12-38(23(39)15-1-3-16(4-2-15)24(40)41)22(25)14-37-21-13-17(5-10-20(21)25)26(30,27(31,32)33)28(34,35)36/h5-10,13,15-16,22,37H,1-4,11-12,14H2,(H,40,41)/t15-,16-,22?,25?. The molecule has 0 radical (unpaired) electrons. The molecule has 44 heavy (non-hydrogen) atoms. The summed E-state index contributed by atoms with van der Waals surface area (Å²) in [6.07, 6.45) is -12.2. The van der Waals surface area contributed by atoms with E-state index in [1.54, 1.807) is 0 Å². The van der Waals surface area contributed by atoms with Crippen molar-refractivity contribution in [1.29, 1.82) is 0 Å². The van der Waals surface area contributed by atoms with Crippen LogP contribution in [0.3, 0.4) is 0 Å². The molecule has 0 aromatic heterocycles. The lowest BCUT2D eigenvalue weighted by molar-refractivity contribution is -0.348. The number of sulfone groups is 1. The molecule has 2 unspecified atom stereocenters. The number of likely N-dealkylation sites (tertiary alicyclic amines) is 1. The maximum atomic E-state index is 14.9. The van der Waals surface area contributed by atoms with Crippen molar-refractivity contribution in [2.24, 2.45) is 11.8 Å². The van der Waals surface area contributed by atoms with Crippen LogP contribution in [-0.2, 0) is 29.8 Å². The monoisotopic (exact) mass is 654 g/mol. The molecule has 0 bridgehead atoms. The van der Waals surface area contributed by atoms with Crippen molar-refractivity contribution < 1.29 is 58.2 Å². The van der Waals surface area contributed by atoms with Crippen LogP contribution in [0.1, 0.15) is 43.2 Å². The number of nitrogens with zero attached hydrogens (tertiary/aromatic N) is 1. The molecule has 0 spiro atoms. The van der Waals surface area contributed by atoms with E-state index in [2.05, 4.69) is 5.32 Å². The maximum Gasteiger partial charge on any atom is 0.435 e. The van der Waals surface area contributed by atoms with Crippen LogP contribution in [0, 0.1) is 17.7 Å². The average molecular weight is 655 g/mol. The molecule has 1 saturated heterocycles. The van der Waals surface area contributed by atoms with E-state index in [4.69, 9.17) is 0 Å². The zero-order valence-corrected chi connectivity index (χ0v) is 23.5. The minimum absolute atomic E-state index is 0.163. The molecule has 5 rings (SSSR count). The van der Waals surface area contributed by atoms with Gasteiger partial charge in [-0.15, -0.1) is 0 Å². The predicted octanol–water partition coefficient (Wildman–Crippen LogP) is 5.70. The van der Waals surface area contributed by atoms with Crippen molar-refractivity contribution in [2.75, 3.05) is 18.4 Å². The number of carbonyl (C=O) groups is 2. The molecule has 16 heteroatoms. The van der Waals surface area contributed by atoms with Crippen LogP contribution in [0.25, 0.3) is 0 Å². The summed E-state index contributed by atoms with van der Waals surface area (Å²) in [5.74, 6) is -3.50. The van der Waals surface area contributed by atoms with Gasteiger partial charge in [0.1, 0.15) is 10.6 Å². The van der Waals surface area contributed by atoms with E-state index in [9.17, 15) is 58.2 Å². The first-order valence-electron chi connectivity index (χ1n) is 13.6. The number of benzene rings is 2. The van der Waals surface area contributed by atoms with E-state index < -0.39 is 90.9 Å². The summed E-state index contributed by atoms with van der Waals surface area (Å²) < 4.78 is 136. The van der Waals surface area contributed by atoms with E-state index >= 15 is 0 Å². The number of fused-ring (bicyclic) bond motifs is 3. The Bertz CT molecular complexity index is 1560. The number of anilines is 1. The van der Waals surface area contributed by atoms with Crippen LogP contribution >= 0.6 is 0 Å². The highest BCUT2D eigenvalue weighted by atomic mass is 32.2. The van der Waals surface area contributed by atoms with Gasteiger partial charge in [0, 0.05) is 30.3 Å². The largest absolute Gasteiger partial charge is 0.481 e. The normalized spacial score (nSPS) is 26.0. The minimum atomic E-state index is -6.40. The summed E-state index contributed by atoms with van der Waals surface area (Å²) in [5, 5.41) is 11.9. The van der Waals surface area contributed by atoms with Gasteiger partial charge in [0.25, 0.3) is 0 Å². The second-order valence-corrected chi connectivity index (χ2v) is 13.5. The van der Waals surface area contributed by atoms with Crippen LogP contribution in [0.4, 0.5) is 40.8 Å². The van der Waals surface area contributed by atoms with Gasteiger partial charge in [0.2, 0.25) is 5.91 Å². The highest BCUT2D eigenvalue weighted by molar-refractivity contribution is 7.92. The zero-order chi connectivity index (χ0) is 32.5. The fourth-order valence-corrected chi connectivity index (χ4v) is 9.10. The van der Waals surface area contributed by atoms with Gasteiger partial charge in [-0.05, 0) is 68.0 Å². The molecule has 2 aromatic carbocycles. The maximum absolute atomic E-state index is 14.9. The summed E-state index contributed by atoms with van der Waals surface area (Å²) in [7, 11) is -4.63. The summed E-state index contributed by atoms with van der Waals surface area (Å²) in [6, 6.07) is 3.67. The van der Waals surface area contributed by atoms with Crippen molar-refractivity contribution in [1.82, 2.24) is 4.90 Å². The van der Waals surface area contributed by atoms with E-state index in [1.165, 1.54) is 4.90 Å². The molecule has 1 saturated carbocycles. The summed E-state index contributed by atoms with van der Waals surface area (Å²) >= 11 is 0. The Morgan fingerprint density at radius 3 is 2.00 bits per heavy atom. The Hall–Kier alpha value is -3.43. The van der Waals surface area contributed by atoms with Crippen molar-refractivity contribution in [2.45, 2.75) is 65.8 Å². The number of halogens is 8. The molecule has 1 aliphatic carbocycles. The van der Waals surface area contributed by atoms with Gasteiger partial charge in [0.15, 0.2) is 9.84 Å². The summed E-state index contributed by atoms with van der Waals surface area (Å²) in [5.41, 5.74) is -8.32. The molecular weight excluding hydrogens is 628 g/mol. The number of amides is 1. The minimum Gasteiger partial charge on any atom is -0.481 e. The zero-order valence-electron chi connectivity index (χ0n) is 22.7. The molecule has 1 amide bonds. The van der Waals surface area contributed by atoms with Crippen LogP contribution in [0.15, 0.2) is 47.4 Å². The lowest BCUT2D eigenvalue weighted by atomic mass is 9.80. The third-order valence-corrected chi connectivity index (χ3v) is 11.6. The summed E-state index contributed by atoms with van der Waals surface area (Å²) in [6.45, 7) is -0.589. The number of hydrogen-bond acceptors (Lipinski definition) is 5. The highest BCUT2D eigenvalue weighted by Gasteiger charge is 2.74. The van der Waals surface area contributed by atoms with Gasteiger partial charge in [-0.2, -0.15) is 26.3 Å². The van der Waals surface area contributed by atoms with Gasteiger partial charge in [-0.25, -0.2) is 17.2 Å². The third-order valence-electron chi connectivity index (χ3n) is 9.09. The van der Waals surface area contributed by atoms with Gasteiger partial charge < -0.3 is 15.3 Å². The Kier molecular flexibility index (Phi) is 7.69. The topological polar surface area (TPSA) is 104 Å². The quantitative estimate of drug-likeness (QED) is 0.317. The number of nitrogens with one attached hydrogen (secondary N) is 1. The first-order valence-corrected chi connectivity index (χ1v) is 15.1. The number of carboxylic acids is 1. The van der Waals surface area contributed by atoms with Crippen molar-refractivity contribution >= 4 is 27.4 Å². The molecule has 240 valence electrons. The Balaban J connectivity index is 1.62. The third kappa shape index (κ3) is 4.70. The first-order chi connectivity index (χ1) is 20.4. The highest BCUT2D eigenvalue weighted by Crippen LogP contribution is 2.57. The smallest absolute Gasteiger partial charge is 0.435 e. The van der Waals surface area contributed by atoms with E-state index in [0.29, 0.717) is 6.07 Å². The van der Waals surface area contributed by atoms with Crippen LogP contribution in [-0.4, -0.2) is 61.8 Å². The van der Waals surface area contributed by atoms with Gasteiger partial charge in [-0.3, -0.25) is 9.59 Å². The molecule has 2 fully saturated rings. The Morgan fingerprint density at radius 2 is 1.45 bits per heavy atom. The molecule has 2 aliphatic heterocycles.